The van der Waals surface area contributed by atoms with Crippen molar-refractivity contribution in [3.05, 3.63) is 35.9 Å². The molecule has 1 amide bonds. The molecule has 1 aromatic rings. The highest BCUT2D eigenvalue weighted by Gasteiger charge is 2.34. The van der Waals surface area contributed by atoms with E-state index in [1.807, 2.05) is 37.3 Å². The second-order valence-corrected chi connectivity index (χ2v) is 5.52. The van der Waals surface area contributed by atoms with Crippen LogP contribution in [0.5, 0.6) is 0 Å². The Morgan fingerprint density at radius 1 is 1.35 bits per heavy atom. The third kappa shape index (κ3) is 3.00. The van der Waals surface area contributed by atoms with Crippen LogP contribution in [0.3, 0.4) is 0 Å². The fourth-order valence-corrected chi connectivity index (χ4v) is 2.51. The van der Waals surface area contributed by atoms with Crippen LogP contribution < -0.4 is 0 Å². The number of likely N-dealkylation sites (tertiary alicyclic amines) is 1. The Morgan fingerprint density at radius 3 is 2.45 bits per heavy atom. The van der Waals surface area contributed by atoms with Gasteiger partial charge in [-0.05, 0) is 25.3 Å². The molecule has 106 valence electrons. The van der Waals surface area contributed by atoms with Gasteiger partial charge in [0.15, 0.2) is 6.10 Å². The Bertz CT molecular complexity index is 499. The van der Waals surface area contributed by atoms with E-state index in [0.29, 0.717) is 13.1 Å². The first-order valence-electron chi connectivity index (χ1n) is 6.87. The maximum Gasteiger partial charge on any atom is 0.256 e. The van der Waals surface area contributed by atoms with E-state index in [0.717, 1.165) is 18.4 Å². The van der Waals surface area contributed by atoms with Gasteiger partial charge < -0.3 is 9.64 Å². The van der Waals surface area contributed by atoms with Gasteiger partial charge in [0.25, 0.3) is 5.91 Å². The van der Waals surface area contributed by atoms with Crippen LogP contribution in [0.2, 0.25) is 0 Å². The Labute approximate surface area is 120 Å². The molecule has 0 saturated carbocycles. The molecule has 1 aliphatic heterocycles. The monoisotopic (exact) mass is 272 g/mol. The highest BCUT2D eigenvalue weighted by molar-refractivity contribution is 5.82. The molecule has 4 nitrogen and oxygen atoms in total. The zero-order valence-corrected chi connectivity index (χ0v) is 12.0. The number of ether oxygens (including phenoxy) is 1. The Balaban J connectivity index is 2.06. The van der Waals surface area contributed by atoms with E-state index < -0.39 is 6.10 Å². The largest absolute Gasteiger partial charge is 0.367 e. The van der Waals surface area contributed by atoms with E-state index in [4.69, 9.17) is 10.00 Å². The fourth-order valence-electron chi connectivity index (χ4n) is 2.51. The van der Waals surface area contributed by atoms with Crippen molar-refractivity contribution >= 4 is 5.91 Å². The molecule has 1 aliphatic rings. The first-order chi connectivity index (χ1) is 9.59. The van der Waals surface area contributed by atoms with Gasteiger partial charge in [-0.15, -0.1) is 0 Å². The molecule has 0 radical (unpaired) electrons. The number of rotatable bonds is 3. The molecule has 1 unspecified atom stereocenters. The standard InChI is InChI=1S/C16H20N2O2/c1-16(12-17)8-10-18(11-9-16)15(19)14(20-2)13-6-4-3-5-7-13/h3-7,14H,8-11H2,1-2H3. The molecule has 20 heavy (non-hydrogen) atoms. The lowest BCUT2D eigenvalue weighted by molar-refractivity contribution is -0.144. The predicted molar refractivity (Wildman–Crippen MR) is 75.7 cm³/mol. The van der Waals surface area contributed by atoms with Crippen molar-refractivity contribution in [3.8, 4) is 6.07 Å². The number of nitriles is 1. The minimum atomic E-state index is -0.553. The van der Waals surface area contributed by atoms with Gasteiger partial charge in [-0.1, -0.05) is 30.3 Å². The van der Waals surface area contributed by atoms with Crippen molar-refractivity contribution in [1.82, 2.24) is 4.90 Å². The number of piperidine rings is 1. The van der Waals surface area contributed by atoms with Gasteiger partial charge in [0, 0.05) is 20.2 Å². The molecule has 0 aliphatic carbocycles. The Morgan fingerprint density at radius 2 is 1.95 bits per heavy atom. The van der Waals surface area contributed by atoms with Crippen LogP contribution in [0.25, 0.3) is 0 Å². The van der Waals surface area contributed by atoms with E-state index >= 15 is 0 Å². The average molecular weight is 272 g/mol. The quantitative estimate of drug-likeness (QED) is 0.849. The molecule has 1 fully saturated rings. The minimum Gasteiger partial charge on any atom is -0.367 e. The zero-order valence-electron chi connectivity index (χ0n) is 12.0. The zero-order chi connectivity index (χ0) is 14.6. The number of amides is 1. The average Bonchev–Trinajstić information content (AvgIpc) is 2.50. The maximum absolute atomic E-state index is 12.5. The minimum absolute atomic E-state index is 0.0151. The van der Waals surface area contributed by atoms with E-state index in [2.05, 4.69) is 6.07 Å². The van der Waals surface area contributed by atoms with E-state index in [1.165, 1.54) is 0 Å². The Hall–Kier alpha value is -1.86. The van der Waals surface area contributed by atoms with Crippen molar-refractivity contribution in [1.29, 1.82) is 5.26 Å². The summed E-state index contributed by atoms with van der Waals surface area (Å²) in [7, 11) is 1.55. The lowest BCUT2D eigenvalue weighted by atomic mass is 9.82. The maximum atomic E-state index is 12.5. The van der Waals surface area contributed by atoms with Crippen LogP contribution in [-0.2, 0) is 9.53 Å². The third-order valence-electron chi connectivity index (χ3n) is 4.01. The second-order valence-electron chi connectivity index (χ2n) is 5.52. The normalized spacial score (nSPS) is 19.1. The summed E-state index contributed by atoms with van der Waals surface area (Å²) in [6.07, 6.45) is 0.892. The van der Waals surface area contributed by atoms with Crippen LogP contribution in [0.15, 0.2) is 30.3 Å². The third-order valence-corrected chi connectivity index (χ3v) is 4.01. The predicted octanol–water partition coefficient (Wildman–Crippen LogP) is 2.53. The molecular weight excluding hydrogens is 252 g/mol. The number of methoxy groups -OCH3 is 1. The molecule has 0 bridgehead atoms. The van der Waals surface area contributed by atoms with Crippen molar-refractivity contribution in [3.63, 3.8) is 0 Å². The molecule has 1 aromatic carbocycles. The number of benzene rings is 1. The summed E-state index contributed by atoms with van der Waals surface area (Å²) in [6, 6.07) is 11.9. The lowest BCUT2D eigenvalue weighted by Crippen LogP contribution is -2.44. The summed E-state index contributed by atoms with van der Waals surface area (Å²) in [5.41, 5.74) is 0.570. The van der Waals surface area contributed by atoms with Gasteiger partial charge in [-0.25, -0.2) is 0 Å². The van der Waals surface area contributed by atoms with Gasteiger partial charge in [0.2, 0.25) is 0 Å². The molecule has 0 spiro atoms. The summed E-state index contributed by atoms with van der Waals surface area (Å²) < 4.78 is 5.37. The number of hydrogen-bond acceptors (Lipinski definition) is 3. The number of carbonyl (C=O) groups excluding carboxylic acids is 1. The SMILES string of the molecule is COC(C(=O)N1CCC(C)(C#N)CC1)c1ccccc1. The summed E-state index contributed by atoms with van der Waals surface area (Å²) in [6.45, 7) is 3.20. The molecule has 0 aromatic heterocycles. The van der Waals surface area contributed by atoms with Gasteiger partial charge >= 0.3 is 0 Å². The highest BCUT2D eigenvalue weighted by atomic mass is 16.5. The molecule has 2 rings (SSSR count). The van der Waals surface area contributed by atoms with Crippen LogP contribution in [0, 0.1) is 16.7 Å². The lowest BCUT2D eigenvalue weighted by Gasteiger charge is -2.36. The topological polar surface area (TPSA) is 53.3 Å². The van der Waals surface area contributed by atoms with Crippen molar-refractivity contribution in [2.45, 2.75) is 25.9 Å². The van der Waals surface area contributed by atoms with Gasteiger partial charge in [0.1, 0.15) is 0 Å². The summed E-state index contributed by atoms with van der Waals surface area (Å²) >= 11 is 0. The first-order valence-corrected chi connectivity index (χ1v) is 6.87. The summed E-state index contributed by atoms with van der Waals surface area (Å²) in [5.74, 6) is -0.0151. The number of nitrogens with zero attached hydrogens (tertiary/aromatic N) is 2. The van der Waals surface area contributed by atoms with Crippen LogP contribution in [-0.4, -0.2) is 31.0 Å². The molecule has 1 heterocycles. The van der Waals surface area contributed by atoms with Crippen LogP contribution >= 0.6 is 0 Å². The van der Waals surface area contributed by atoms with Crippen molar-refractivity contribution < 1.29 is 9.53 Å². The molecule has 1 atom stereocenters. The molecular formula is C16H20N2O2. The van der Waals surface area contributed by atoms with Gasteiger partial charge in [-0.2, -0.15) is 5.26 Å². The van der Waals surface area contributed by atoms with Crippen molar-refractivity contribution in [2.75, 3.05) is 20.2 Å². The second kappa shape index (κ2) is 6.06. The number of carbonyl (C=O) groups is 1. The Kier molecular flexibility index (Phi) is 4.41. The van der Waals surface area contributed by atoms with Crippen molar-refractivity contribution in [2.24, 2.45) is 5.41 Å². The van der Waals surface area contributed by atoms with E-state index in [-0.39, 0.29) is 11.3 Å². The van der Waals surface area contributed by atoms with Crippen LogP contribution in [0.4, 0.5) is 0 Å². The molecule has 4 heteroatoms. The number of hydrogen-bond donors (Lipinski definition) is 0. The van der Waals surface area contributed by atoms with Crippen LogP contribution in [0.1, 0.15) is 31.4 Å². The smallest absolute Gasteiger partial charge is 0.256 e. The molecule has 1 saturated heterocycles. The summed E-state index contributed by atoms with van der Waals surface area (Å²) in [4.78, 5) is 14.4. The van der Waals surface area contributed by atoms with Gasteiger partial charge in [-0.3, -0.25) is 4.79 Å². The molecule has 0 N–H and O–H groups in total. The highest BCUT2D eigenvalue weighted by Crippen LogP contribution is 2.31. The van der Waals surface area contributed by atoms with E-state index in [9.17, 15) is 4.79 Å². The fraction of sp³-hybridized carbons (Fsp3) is 0.500. The first kappa shape index (κ1) is 14.5. The summed E-state index contributed by atoms with van der Waals surface area (Å²) in [5, 5.41) is 9.13. The van der Waals surface area contributed by atoms with E-state index in [1.54, 1.807) is 12.0 Å². The van der Waals surface area contributed by atoms with Gasteiger partial charge in [0.05, 0.1) is 11.5 Å².